The Labute approximate surface area is 110 Å². The number of nitrogens with one attached hydrogen (secondary N) is 1. The number of rotatable bonds is 7. The van der Waals surface area contributed by atoms with Gasteiger partial charge in [-0.2, -0.15) is 4.39 Å². The average molecular weight is 266 g/mol. The Bertz CT molecular complexity index is 501. The van der Waals surface area contributed by atoms with Crippen molar-refractivity contribution in [2.45, 2.75) is 18.9 Å². The number of halogens is 1. The maximum atomic E-state index is 13.3. The van der Waals surface area contributed by atoms with Crippen molar-refractivity contribution in [1.29, 1.82) is 0 Å². The molecule has 0 unspecified atom stereocenters. The maximum absolute atomic E-state index is 13.3. The van der Waals surface area contributed by atoms with Crippen LogP contribution < -0.4 is 10.1 Å². The number of benzene rings is 1. The standard InChI is InChI=1S/C13H15FN2O3/c1-9(7-15-10-2-3-10)8-19-11-4-5-13(16(17)18)12(14)6-11/h4-6,10,15H,1-3,7-8H2. The Kier molecular flexibility index (Phi) is 4.11. The topological polar surface area (TPSA) is 64.4 Å². The molecule has 19 heavy (non-hydrogen) atoms. The summed E-state index contributed by atoms with van der Waals surface area (Å²) < 4.78 is 18.7. The number of nitro groups is 1. The van der Waals surface area contributed by atoms with E-state index in [2.05, 4.69) is 11.9 Å². The SMILES string of the molecule is C=C(CNC1CC1)COc1ccc([N+](=O)[O-])c(F)c1. The minimum Gasteiger partial charge on any atom is -0.489 e. The smallest absolute Gasteiger partial charge is 0.305 e. The number of ether oxygens (including phenoxy) is 1. The second-order valence-electron chi connectivity index (χ2n) is 4.56. The molecule has 1 N–H and O–H groups in total. The third kappa shape index (κ3) is 4.03. The quantitative estimate of drug-likeness (QED) is 0.467. The van der Waals surface area contributed by atoms with Crippen molar-refractivity contribution in [2.75, 3.05) is 13.2 Å². The molecule has 1 fully saturated rings. The van der Waals surface area contributed by atoms with Gasteiger partial charge in [-0.05, 0) is 24.5 Å². The molecule has 2 rings (SSSR count). The molecule has 0 spiro atoms. The van der Waals surface area contributed by atoms with Crippen LogP contribution in [0.2, 0.25) is 0 Å². The van der Waals surface area contributed by atoms with Crippen LogP contribution in [0, 0.1) is 15.9 Å². The highest BCUT2D eigenvalue weighted by molar-refractivity contribution is 5.38. The fourth-order valence-corrected chi connectivity index (χ4v) is 1.54. The van der Waals surface area contributed by atoms with E-state index in [4.69, 9.17) is 4.74 Å². The summed E-state index contributed by atoms with van der Waals surface area (Å²) in [5.74, 6) is -0.639. The number of hydrogen-bond donors (Lipinski definition) is 1. The summed E-state index contributed by atoms with van der Waals surface area (Å²) in [6.45, 7) is 4.78. The summed E-state index contributed by atoms with van der Waals surface area (Å²) in [5.41, 5.74) is 0.298. The molecule has 0 radical (unpaired) electrons. The van der Waals surface area contributed by atoms with Crippen LogP contribution in [0.25, 0.3) is 0 Å². The van der Waals surface area contributed by atoms with Gasteiger partial charge in [0.1, 0.15) is 12.4 Å². The third-order valence-corrected chi connectivity index (χ3v) is 2.78. The monoisotopic (exact) mass is 266 g/mol. The Morgan fingerprint density at radius 1 is 1.58 bits per heavy atom. The van der Waals surface area contributed by atoms with Crippen molar-refractivity contribution in [3.63, 3.8) is 0 Å². The molecule has 0 saturated heterocycles. The molecular formula is C13H15FN2O3. The molecule has 0 heterocycles. The Morgan fingerprint density at radius 3 is 2.89 bits per heavy atom. The molecule has 1 aromatic rings. The molecule has 0 aliphatic heterocycles. The molecule has 0 aromatic heterocycles. The van der Waals surface area contributed by atoms with E-state index in [9.17, 15) is 14.5 Å². The lowest BCUT2D eigenvalue weighted by Crippen LogP contribution is -2.21. The highest BCUT2D eigenvalue weighted by atomic mass is 19.1. The average Bonchev–Trinajstić information content (AvgIpc) is 3.17. The van der Waals surface area contributed by atoms with Crippen LogP contribution in [0.3, 0.4) is 0 Å². The molecule has 0 bridgehead atoms. The lowest BCUT2D eigenvalue weighted by Gasteiger charge is -2.09. The first kappa shape index (κ1) is 13.5. The first-order valence-corrected chi connectivity index (χ1v) is 6.03. The molecule has 1 saturated carbocycles. The summed E-state index contributed by atoms with van der Waals surface area (Å²) in [7, 11) is 0. The van der Waals surface area contributed by atoms with E-state index in [1.165, 1.54) is 18.9 Å². The van der Waals surface area contributed by atoms with Crippen molar-refractivity contribution in [2.24, 2.45) is 0 Å². The first-order chi connectivity index (χ1) is 9.06. The zero-order chi connectivity index (χ0) is 13.8. The molecule has 1 aromatic carbocycles. The molecule has 0 amide bonds. The second kappa shape index (κ2) is 5.79. The van der Waals surface area contributed by atoms with Gasteiger partial charge < -0.3 is 10.1 Å². The van der Waals surface area contributed by atoms with E-state index in [0.29, 0.717) is 12.6 Å². The largest absolute Gasteiger partial charge is 0.489 e. The van der Waals surface area contributed by atoms with E-state index in [0.717, 1.165) is 17.7 Å². The highest BCUT2D eigenvalue weighted by Gasteiger charge is 2.20. The zero-order valence-corrected chi connectivity index (χ0v) is 10.4. The van der Waals surface area contributed by atoms with Gasteiger partial charge in [-0.15, -0.1) is 0 Å². The van der Waals surface area contributed by atoms with Gasteiger partial charge in [0.2, 0.25) is 5.82 Å². The van der Waals surface area contributed by atoms with Crippen LogP contribution in [0.4, 0.5) is 10.1 Å². The van der Waals surface area contributed by atoms with Crippen LogP contribution in [-0.4, -0.2) is 24.1 Å². The van der Waals surface area contributed by atoms with Crippen LogP contribution in [0.5, 0.6) is 5.75 Å². The summed E-state index contributed by atoms with van der Waals surface area (Å²) in [5, 5.41) is 13.7. The van der Waals surface area contributed by atoms with Gasteiger partial charge in [0, 0.05) is 24.7 Å². The predicted octanol–water partition coefficient (Wildman–Crippen LogP) is 2.42. The van der Waals surface area contributed by atoms with E-state index < -0.39 is 16.4 Å². The normalized spacial score (nSPS) is 14.2. The minimum atomic E-state index is -0.899. The predicted molar refractivity (Wildman–Crippen MR) is 68.7 cm³/mol. The van der Waals surface area contributed by atoms with Crippen molar-refractivity contribution in [3.05, 3.63) is 46.3 Å². The van der Waals surface area contributed by atoms with Crippen LogP contribution in [0.15, 0.2) is 30.4 Å². The molecule has 5 nitrogen and oxygen atoms in total. The fraction of sp³-hybridized carbons (Fsp3) is 0.385. The highest BCUT2D eigenvalue weighted by Crippen LogP contribution is 2.22. The zero-order valence-electron chi connectivity index (χ0n) is 10.4. The minimum absolute atomic E-state index is 0.260. The lowest BCUT2D eigenvalue weighted by atomic mass is 10.3. The van der Waals surface area contributed by atoms with Gasteiger partial charge in [0.15, 0.2) is 0 Å². The Balaban J connectivity index is 1.83. The Morgan fingerprint density at radius 2 is 2.32 bits per heavy atom. The summed E-state index contributed by atoms with van der Waals surface area (Å²) in [6, 6.07) is 4.08. The maximum Gasteiger partial charge on any atom is 0.305 e. The summed E-state index contributed by atoms with van der Waals surface area (Å²) in [4.78, 5) is 9.69. The van der Waals surface area contributed by atoms with Crippen LogP contribution >= 0.6 is 0 Å². The van der Waals surface area contributed by atoms with E-state index in [-0.39, 0.29) is 12.4 Å². The fourth-order valence-electron chi connectivity index (χ4n) is 1.54. The third-order valence-electron chi connectivity index (χ3n) is 2.78. The van der Waals surface area contributed by atoms with Gasteiger partial charge in [-0.1, -0.05) is 6.58 Å². The number of hydrogen-bond acceptors (Lipinski definition) is 4. The van der Waals surface area contributed by atoms with Crippen molar-refractivity contribution < 1.29 is 14.1 Å². The first-order valence-electron chi connectivity index (χ1n) is 6.03. The number of nitrogens with zero attached hydrogens (tertiary/aromatic N) is 1. The van der Waals surface area contributed by atoms with Crippen molar-refractivity contribution in [1.82, 2.24) is 5.32 Å². The lowest BCUT2D eigenvalue weighted by molar-refractivity contribution is -0.387. The van der Waals surface area contributed by atoms with Gasteiger partial charge in [0.25, 0.3) is 0 Å². The van der Waals surface area contributed by atoms with Crippen LogP contribution in [-0.2, 0) is 0 Å². The number of nitro benzene ring substituents is 1. The molecular weight excluding hydrogens is 251 g/mol. The summed E-state index contributed by atoms with van der Waals surface area (Å²) >= 11 is 0. The van der Waals surface area contributed by atoms with Gasteiger partial charge in [-0.3, -0.25) is 10.1 Å². The summed E-state index contributed by atoms with van der Waals surface area (Å²) in [6.07, 6.45) is 2.39. The van der Waals surface area contributed by atoms with Gasteiger partial charge >= 0.3 is 5.69 Å². The van der Waals surface area contributed by atoms with E-state index in [1.807, 2.05) is 0 Å². The van der Waals surface area contributed by atoms with Gasteiger partial charge in [-0.25, -0.2) is 0 Å². The van der Waals surface area contributed by atoms with Crippen LogP contribution in [0.1, 0.15) is 12.8 Å². The van der Waals surface area contributed by atoms with E-state index in [1.54, 1.807) is 0 Å². The molecule has 0 atom stereocenters. The Hall–Kier alpha value is -1.95. The van der Waals surface area contributed by atoms with Crippen molar-refractivity contribution >= 4 is 5.69 Å². The molecule has 1 aliphatic rings. The van der Waals surface area contributed by atoms with Gasteiger partial charge in [0.05, 0.1) is 4.92 Å². The molecule has 1 aliphatic carbocycles. The second-order valence-corrected chi connectivity index (χ2v) is 4.56. The molecule has 6 heteroatoms. The molecule has 102 valence electrons. The van der Waals surface area contributed by atoms with Crippen molar-refractivity contribution in [3.8, 4) is 5.75 Å². The van der Waals surface area contributed by atoms with E-state index >= 15 is 0 Å².